The van der Waals surface area contributed by atoms with Crippen LogP contribution in [0.5, 0.6) is 0 Å². The molecule has 10 fully saturated rings. The fraction of sp³-hybridized carbons (Fsp3) is 0.760. The summed E-state index contributed by atoms with van der Waals surface area (Å²) in [6.45, 7) is 9.16. The predicted octanol–water partition coefficient (Wildman–Crippen LogP) is 2.95. The Morgan fingerprint density at radius 3 is 1.84 bits per heavy atom. The molecule has 0 aromatic heterocycles. The molecule has 2 saturated carbocycles. The summed E-state index contributed by atoms with van der Waals surface area (Å²) in [6.07, 6.45) is -1.53. The van der Waals surface area contributed by atoms with Gasteiger partial charge in [-0.25, -0.2) is 0 Å². The number of fused-ring (bicyclic) bond motifs is 27. The van der Waals surface area contributed by atoms with Gasteiger partial charge in [0.25, 0.3) is 0 Å². The smallest absolute Gasteiger partial charge is 0.317 e. The molecular weight excluding hydrogens is 873 g/mol. The third-order valence-corrected chi connectivity index (χ3v) is 19.3. The van der Waals surface area contributed by atoms with Crippen molar-refractivity contribution in [2.24, 2.45) is 82.9 Å². The lowest BCUT2D eigenvalue weighted by molar-refractivity contribution is -0.163. The first-order valence-corrected chi connectivity index (χ1v) is 24.6. The van der Waals surface area contributed by atoms with Crippen molar-refractivity contribution in [1.82, 2.24) is 0 Å². The zero-order chi connectivity index (χ0) is 46.6. The summed E-state index contributed by atoms with van der Waals surface area (Å²) in [6, 6.07) is 0. The van der Waals surface area contributed by atoms with Crippen molar-refractivity contribution >= 4 is 35.8 Å². The van der Waals surface area contributed by atoms with Crippen molar-refractivity contribution in [3.63, 3.8) is 0 Å². The zero-order valence-corrected chi connectivity index (χ0v) is 38.1. The van der Waals surface area contributed by atoms with Gasteiger partial charge in [-0.1, -0.05) is 6.92 Å². The Morgan fingerprint density at radius 2 is 1.22 bits per heavy atom. The molecule has 11 aliphatic heterocycles. The molecule has 24 unspecified atom stereocenters. The highest BCUT2D eigenvalue weighted by molar-refractivity contribution is 5.96. The zero-order valence-electron chi connectivity index (χ0n) is 38.1. The van der Waals surface area contributed by atoms with Crippen LogP contribution in [0.2, 0.25) is 0 Å². The molecule has 8 saturated heterocycles. The fourth-order valence-electron chi connectivity index (χ4n) is 17.0. The second kappa shape index (κ2) is 14.5. The molecule has 13 aliphatic rings. The quantitative estimate of drug-likeness (QED) is 0.110. The van der Waals surface area contributed by atoms with Crippen LogP contribution in [0.15, 0.2) is 33.4 Å². The van der Waals surface area contributed by atoms with Crippen LogP contribution >= 0.6 is 0 Å². The minimum atomic E-state index is -1.28. The fourth-order valence-corrected chi connectivity index (χ4v) is 17.0. The number of carboxylic acids is 2. The summed E-state index contributed by atoms with van der Waals surface area (Å²) in [5.74, 6) is -9.09. The van der Waals surface area contributed by atoms with Crippen LogP contribution in [-0.4, -0.2) is 131 Å². The molecule has 67 heavy (non-hydrogen) atoms. The molecule has 0 amide bonds. The van der Waals surface area contributed by atoms with Gasteiger partial charge in [-0.15, -0.1) is 0 Å². The van der Waals surface area contributed by atoms with E-state index in [9.17, 15) is 44.1 Å². The summed E-state index contributed by atoms with van der Waals surface area (Å²) >= 11 is 0. The number of aliphatic hydroxyl groups is 1. The first-order valence-electron chi connectivity index (χ1n) is 24.6. The molecule has 24 atom stereocenters. The van der Waals surface area contributed by atoms with E-state index in [1.165, 1.54) is 11.1 Å². The van der Waals surface area contributed by atoms with Crippen LogP contribution in [0, 0.1) is 82.9 Å². The number of rotatable bonds is 12. The maximum absolute atomic E-state index is 13.6. The van der Waals surface area contributed by atoms with Crippen LogP contribution in [0.3, 0.4) is 0 Å². The third kappa shape index (κ3) is 5.75. The van der Waals surface area contributed by atoms with E-state index in [1.54, 1.807) is 6.92 Å². The molecule has 17 heteroatoms. The van der Waals surface area contributed by atoms with Gasteiger partial charge in [-0.05, 0) is 123 Å². The monoisotopic (exact) mass is 930 g/mol. The Bertz CT molecular complexity index is 2390. The largest absolute Gasteiger partial charge is 0.481 e. The summed E-state index contributed by atoms with van der Waals surface area (Å²) < 4.78 is 50.4. The Morgan fingerprint density at radius 1 is 0.642 bits per heavy atom. The lowest BCUT2D eigenvalue weighted by atomic mass is 9.60. The molecule has 17 nitrogen and oxygen atoms in total. The van der Waals surface area contributed by atoms with Crippen molar-refractivity contribution in [1.29, 1.82) is 0 Å². The maximum Gasteiger partial charge on any atom is 0.317 e. The Kier molecular flexibility index (Phi) is 9.34. The average molecular weight is 931 g/mol. The topological polar surface area (TPSA) is 237 Å². The Balaban J connectivity index is 0.888. The van der Waals surface area contributed by atoms with Gasteiger partial charge < -0.3 is 53.2 Å². The van der Waals surface area contributed by atoms with Gasteiger partial charge in [0.05, 0.1) is 103 Å². The van der Waals surface area contributed by atoms with Gasteiger partial charge in [0.2, 0.25) is 0 Å². The molecule has 12 bridgehead atoms. The van der Waals surface area contributed by atoms with E-state index in [-0.39, 0.29) is 79.6 Å². The first-order chi connectivity index (χ1) is 31.9. The normalized spacial score (nSPS) is 49.5. The molecular formula is C50H58O17. The molecule has 2 aliphatic carbocycles. The number of hydrogen-bond acceptors (Lipinski definition) is 15. The highest BCUT2D eigenvalue weighted by Crippen LogP contribution is 2.69. The van der Waals surface area contributed by atoms with Crippen LogP contribution in [-0.2, 0) is 66.7 Å². The summed E-state index contributed by atoms with van der Waals surface area (Å²) in [5, 5.41) is 30.2. The van der Waals surface area contributed by atoms with Crippen LogP contribution < -0.4 is 0 Å². The SMILES string of the molecule is CC1=C(CC2=C(CC3=C(CC4C(=O)OC(=O)C4C)C4OC3C3C5OC(C(C(=O)O)C5C(=O)O)C43)C3OC2C2C4CC(C(=O)OCCO)C(O4)C32)C2OC1C1C3CC(C(=O)OC(C)(C)C)C(C3)C21. The average Bonchev–Trinajstić information content (AvgIpc) is 4.10. The van der Waals surface area contributed by atoms with E-state index < -0.39 is 113 Å². The number of carboxylic acid groups (broad SMARTS) is 2. The van der Waals surface area contributed by atoms with E-state index >= 15 is 0 Å². The molecule has 3 N–H and O–H groups in total. The molecule has 0 radical (unpaired) electrons. The third-order valence-electron chi connectivity index (χ3n) is 19.3. The molecule has 0 spiro atoms. The molecule has 11 heterocycles. The maximum atomic E-state index is 13.6. The van der Waals surface area contributed by atoms with E-state index in [0.717, 1.165) is 35.1 Å². The number of aliphatic carboxylic acids is 2. The van der Waals surface area contributed by atoms with Crippen LogP contribution in [0.1, 0.15) is 73.1 Å². The van der Waals surface area contributed by atoms with Crippen molar-refractivity contribution in [3.05, 3.63) is 33.4 Å². The van der Waals surface area contributed by atoms with E-state index in [4.69, 9.17) is 37.9 Å². The molecule has 13 rings (SSSR count). The Labute approximate surface area is 386 Å². The van der Waals surface area contributed by atoms with Gasteiger partial charge in [-0.2, -0.15) is 0 Å². The number of esters is 4. The first kappa shape index (κ1) is 43.1. The summed E-state index contributed by atoms with van der Waals surface area (Å²) in [5.41, 5.74) is 5.64. The summed E-state index contributed by atoms with van der Waals surface area (Å²) in [7, 11) is 0. The van der Waals surface area contributed by atoms with Gasteiger partial charge in [0.15, 0.2) is 0 Å². The van der Waals surface area contributed by atoms with Crippen molar-refractivity contribution in [3.8, 4) is 0 Å². The lowest BCUT2D eigenvalue weighted by Gasteiger charge is -2.39. The highest BCUT2D eigenvalue weighted by Gasteiger charge is 2.74. The summed E-state index contributed by atoms with van der Waals surface area (Å²) in [4.78, 5) is 78.5. The Hall–Kier alpha value is -4.00. The van der Waals surface area contributed by atoms with Crippen molar-refractivity contribution in [2.75, 3.05) is 13.2 Å². The number of cyclic esters (lactones) is 2. The second-order valence-electron chi connectivity index (χ2n) is 23.1. The predicted molar refractivity (Wildman–Crippen MR) is 223 cm³/mol. The van der Waals surface area contributed by atoms with Gasteiger partial charge in [0, 0.05) is 23.7 Å². The van der Waals surface area contributed by atoms with Crippen LogP contribution in [0.4, 0.5) is 0 Å². The standard InChI is InChI=1S/C50H58O17/c1-14-17(36-28-19-8-16(27(28)35(14)62-36)9-24(19)49(59)67-50(3,4)5)10-20-22(38-30-29(37(20)63-38)26-13-25(41(30)61-26)47(57)60-7-6-51)12-23-21(11-18-15(2)46(56)66-48(18)58)39-31-32(40(23)64-39)43-34(45(54)55)33(44(52)53)42(31)65-43/h15-16,18-19,24-43,51H,6-13H2,1-5H3,(H,52,53)(H,54,55). The minimum absolute atomic E-state index is 0.0275. The van der Waals surface area contributed by atoms with Gasteiger partial charge in [-0.3, -0.25) is 28.8 Å². The number of carbonyl (C=O) groups is 6. The van der Waals surface area contributed by atoms with Gasteiger partial charge in [0.1, 0.15) is 12.2 Å². The molecule has 360 valence electrons. The van der Waals surface area contributed by atoms with E-state index in [2.05, 4.69) is 6.92 Å². The van der Waals surface area contributed by atoms with E-state index in [0.29, 0.717) is 31.1 Å². The highest BCUT2D eigenvalue weighted by atomic mass is 16.6. The van der Waals surface area contributed by atoms with Crippen molar-refractivity contribution in [2.45, 2.75) is 140 Å². The lowest BCUT2D eigenvalue weighted by Crippen LogP contribution is -2.50. The van der Waals surface area contributed by atoms with Crippen LogP contribution in [0.25, 0.3) is 0 Å². The molecule has 0 aromatic rings. The second-order valence-corrected chi connectivity index (χ2v) is 23.1. The van der Waals surface area contributed by atoms with E-state index in [1.807, 2.05) is 20.8 Å². The number of carbonyl (C=O) groups excluding carboxylic acids is 4. The number of ether oxygens (including phenoxy) is 8. The minimum Gasteiger partial charge on any atom is -0.481 e. The number of hydrogen-bond donors (Lipinski definition) is 3. The molecule has 0 aromatic carbocycles. The number of aliphatic hydroxyl groups excluding tert-OH is 1. The van der Waals surface area contributed by atoms with Crippen molar-refractivity contribution < 1.29 is 82.0 Å². The van der Waals surface area contributed by atoms with Gasteiger partial charge >= 0.3 is 35.8 Å².